The number of H-pyrrole nitrogens is 1. The Morgan fingerprint density at radius 3 is 2.87 bits per heavy atom. The van der Waals surface area contributed by atoms with Crippen molar-refractivity contribution in [1.82, 2.24) is 9.97 Å². The summed E-state index contributed by atoms with van der Waals surface area (Å²) in [5.74, 6) is 0.0226. The normalized spacial score (nSPS) is 13.1. The van der Waals surface area contributed by atoms with Crippen LogP contribution in [0.2, 0.25) is 0 Å². The van der Waals surface area contributed by atoms with Crippen molar-refractivity contribution >= 4 is 44.9 Å². The number of nitriles is 1. The first kappa shape index (κ1) is 21.6. The summed E-state index contributed by atoms with van der Waals surface area (Å²) in [5.41, 5.74) is 4.07. The van der Waals surface area contributed by atoms with Crippen LogP contribution in [0.3, 0.4) is 0 Å². The first-order chi connectivity index (χ1) is 15.0. The Morgan fingerprint density at radius 1 is 1.29 bits per heavy atom. The van der Waals surface area contributed by atoms with E-state index in [0.717, 1.165) is 58.3 Å². The van der Waals surface area contributed by atoms with E-state index in [4.69, 9.17) is 5.26 Å². The number of anilines is 1. The quantitative estimate of drug-likeness (QED) is 0.439. The lowest BCUT2D eigenvalue weighted by molar-refractivity contribution is -0.116. The molecule has 3 aromatic rings. The lowest BCUT2D eigenvalue weighted by Crippen LogP contribution is -2.33. The van der Waals surface area contributed by atoms with Crippen LogP contribution in [-0.4, -0.2) is 28.2 Å². The van der Waals surface area contributed by atoms with Crippen molar-refractivity contribution in [2.45, 2.75) is 51.1 Å². The molecule has 2 heterocycles. The summed E-state index contributed by atoms with van der Waals surface area (Å²) < 4.78 is 0. The van der Waals surface area contributed by atoms with Crippen molar-refractivity contribution in [2.75, 3.05) is 17.2 Å². The van der Waals surface area contributed by atoms with Gasteiger partial charge in [0.2, 0.25) is 5.91 Å². The summed E-state index contributed by atoms with van der Waals surface area (Å²) in [6.45, 7) is 4.36. The molecule has 1 aliphatic carbocycles. The number of amides is 1. The Hall–Kier alpha value is -2.63. The zero-order chi connectivity index (χ0) is 22.0. The Kier molecular flexibility index (Phi) is 6.44. The lowest BCUT2D eigenvalue weighted by atomic mass is 9.97. The molecule has 1 amide bonds. The minimum absolute atomic E-state index is 0.114. The number of aryl methyl sites for hydroxylation is 4. The number of aromatic amines is 1. The Labute approximate surface area is 189 Å². The standard InChI is InChI=1S/C23H24N4O2S2/c1-14-8-9-16(12-15(14)2)27(11-5-10-24)19(28)13-30-23-25-21(29)20-17-6-3-4-7-18(17)31-22(20)26-23/h8-9,12H,3-7,11,13H2,1-2H3,(H,25,26,29). The van der Waals surface area contributed by atoms with Gasteiger partial charge >= 0.3 is 0 Å². The third kappa shape index (κ3) is 4.53. The van der Waals surface area contributed by atoms with E-state index in [1.54, 1.807) is 16.2 Å². The average molecular weight is 453 g/mol. The number of aromatic nitrogens is 2. The molecule has 0 radical (unpaired) electrons. The van der Waals surface area contributed by atoms with Gasteiger partial charge in [-0.1, -0.05) is 17.8 Å². The van der Waals surface area contributed by atoms with Gasteiger partial charge in [0.25, 0.3) is 5.56 Å². The molecule has 6 nitrogen and oxygen atoms in total. The van der Waals surface area contributed by atoms with E-state index in [1.807, 2.05) is 32.0 Å². The van der Waals surface area contributed by atoms with Gasteiger partial charge in [0.05, 0.1) is 23.6 Å². The number of benzene rings is 1. The smallest absolute Gasteiger partial charge is 0.260 e. The van der Waals surface area contributed by atoms with Crippen LogP contribution in [0.1, 0.15) is 40.8 Å². The molecular formula is C23H24N4O2S2. The second-order valence-corrected chi connectivity index (χ2v) is 9.82. The van der Waals surface area contributed by atoms with Crippen LogP contribution in [-0.2, 0) is 17.6 Å². The maximum Gasteiger partial charge on any atom is 0.260 e. The first-order valence-corrected chi connectivity index (χ1v) is 12.2. The van der Waals surface area contributed by atoms with E-state index in [1.165, 1.54) is 16.6 Å². The highest BCUT2D eigenvalue weighted by molar-refractivity contribution is 7.99. The summed E-state index contributed by atoms with van der Waals surface area (Å²) in [5, 5.41) is 10.2. The van der Waals surface area contributed by atoms with Gasteiger partial charge in [-0.3, -0.25) is 9.59 Å². The molecule has 0 bridgehead atoms. The van der Waals surface area contributed by atoms with Crippen LogP contribution in [0, 0.1) is 25.2 Å². The number of hydrogen-bond donors (Lipinski definition) is 1. The van der Waals surface area contributed by atoms with Crippen LogP contribution < -0.4 is 10.5 Å². The summed E-state index contributed by atoms with van der Waals surface area (Å²) in [7, 11) is 0. The number of hydrogen-bond acceptors (Lipinski definition) is 6. The molecule has 0 aliphatic heterocycles. The third-order valence-corrected chi connectivity index (χ3v) is 7.73. The zero-order valence-corrected chi connectivity index (χ0v) is 19.3. The van der Waals surface area contributed by atoms with E-state index in [0.29, 0.717) is 11.7 Å². The Balaban J connectivity index is 1.54. The molecule has 1 aromatic carbocycles. The predicted octanol–water partition coefficient (Wildman–Crippen LogP) is 4.52. The summed E-state index contributed by atoms with van der Waals surface area (Å²) in [4.78, 5) is 36.9. The van der Waals surface area contributed by atoms with Crippen LogP contribution in [0.15, 0.2) is 28.2 Å². The minimum atomic E-state index is -0.116. The molecule has 1 N–H and O–H groups in total. The van der Waals surface area contributed by atoms with Crippen LogP contribution in [0.25, 0.3) is 10.2 Å². The van der Waals surface area contributed by atoms with Gasteiger partial charge < -0.3 is 9.88 Å². The number of carbonyl (C=O) groups is 1. The minimum Gasteiger partial charge on any atom is -0.311 e. The van der Waals surface area contributed by atoms with Gasteiger partial charge in [0.1, 0.15) is 4.83 Å². The summed E-state index contributed by atoms with van der Waals surface area (Å²) in [6, 6.07) is 7.97. The fraction of sp³-hybridized carbons (Fsp3) is 0.391. The highest BCUT2D eigenvalue weighted by atomic mass is 32.2. The predicted molar refractivity (Wildman–Crippen MR) is 126 cm³/mol. The fourth-order valence-electron chi connectivity index (χ4n) is 3.87. The topological polar surface area (TPSA) is 89.8 Å². The zero-order valence-electron chi connectivity index (χ0n) is 17.7. The Bertz CT molecular complexity index is 1240. The largest absolute Gasteiger partial charge is 0.311 e. The molecule has 8 heteroatoms. The van der Waals surface area contributed by atoms with Gasteiger partial charge in [-0.25, -0.2) is 4.98 Å². The van der Waals surface area contributed by atoms with Gasteiger partial charge in [-0.2, -0.15) is 5.26 Å². The van der Waals surface area contributed by atoms with E-state index >= 15 is 0 Å². The molecule has 1 aliphatic rings. The SMILES string of the molecule is Cc1ccc(N(CCC#N)C(=O)CSc2nc3sc4c(c3c(=O)[nH]2)CCCC4)cc1C. The number of thioether (sulfide) groups is 1. The van der Waals surface area contributed by atoms with Gasteiger partial charge in [0.15, 0.2) is 5.16 Å². The maximum absolute atomic E-state index is 13.0. The fourth-order valence-corrected chi connectivity index (χ4v) is 5.93. The lowest BCUT2D eigenvalue weighted by Gasteiger charge is -2.22. The van der Waals surface area contributed by atoms with E-state index < -0.39 is 0 Å². The summed E-state index contributed by atoms with van der Waals surface area (Å²) in [6.07, 6.45) is 4.48. The van der Waals surface area contributed by atoms with Gasteiger partial charge in [-0.15, -0.1) is 11.3 Å². The number of rotatable bonds is 6. The molecule has 0 saturated heterocycles. The second-order valence-electron chi connectivity index (χ2n) is 7.77. The van der Waals surface area contributed by atoms with E-state index in [2.05, 4.69) is 16.0 Å². The molecule has 0 fully saturated rings. The van der Waals surface area contributed by atoms with Crippen LogP contribution in [0.5, 0.6) is 0 Å². The third-order valence-electron chi connectivity index (χ3n) is 5.69. The number of thiophene rings is 1. The molecule has 31 heavy (non-hydrogen) atoms. The highest BCUT2D eigenvalue weighted by Gasteiger charge is 2.21. The van der Waals surface area contributed by atoms with Crippen molar-refractivity contribution in [1.29, 1.82) is 5.26 Å². The molecule has 0 saturated carbocycles. The second kappa shape index (κ2) is 9.25. The molecule has 0 unspecified atom stereocenters. The number of fused-ring (bicyclic) bond motifs is 3. The monoisotopic (exact) mass is 452 g/mol. The molecule has 160 valence electrons. The molecule has 4 rings (SSSR count). The number of nitrogens with one attached hydrogen (secondary N) is 1. The van der Waals surface area contributed by atoms with Crippen molar-refractivity contribution in [3.8, 4) is 6.07 Å². The van der Waals surface area contributed by atoms with Crippen molar-refractivity contribution < 1.29 is 4.79 Å². The molecule has 0 spiro atoms. The summed E-state index contributed by atoms with van der Waals surface area (Å²) >= 11 is 2.84. The van der Waals surface area contributed by atoms with Crippen molar-refractivity contribution in [3.05, 3.63) is 50.1 Å². The molecule has 0 atom stereocenters. The van der Waals surface area contributed by atoms with E-state index in [-0.39, 0.29) is 23.6 Å². The Morgan fingerprint density at radius 2 is 2.10 bits per heavy atom. The molecule has 2 aromatic heterocycles. The van der Waals surface area contributed by atoms with Crippen molar-refractivity contribution in [3.63, 3.8) is 0 Å². The number of nitrogens with zero attached hydrogens (tertiary/aromatic N) is 3. The van der Waals surface area contributed by atoms with Crippen molar-refractivity contribution in [2.24, 2.45) is 0 Å². The van der Waals surface area contributed by atoms with Crippen LogP contribution in [0.4, 0.5) is 5.69 Å². The van der Waals surface area contributed by atoms with Gasteiger partial charge in [-0.05, 0) is 68.4 Å². The average Bonchev–Trinajstić information content (AvgIpc) is 3.13. The molecular weight excluding hydrogens is 428 g/mol. The van der Waals surface area contributed by atoms with Gasteiger partial charge in [0, 0.05) is 17.1 Å². The first-order valence-electron chi connectivity index (χ1n) is 10.4. The highest BCUT2D eigenvalue weighted by Crippen LogP contribution is 2.34. The van der Waals surface area contributed by atoms with E-state index in [9.17, 15) is 9.59 Å². The maximum atomic E-state index is 13.0. The van der Waals surface area contributed by atoms with Crippen LogP contribution >= 0.6 is 23.1 Å². The number of carbonyl (C=O) groups excluding carboxylic acids is 1.